The third-order valence-electron chi connectivity index (χ3n) is 4.17. The van der Waals surface area contributed by atoms with Crippen molar-refractivity contribution in [1.29, 1.82) is 0 Å². The number of sulfonamides is 1. The third-order valence-corrected chi connectivity index (χ3v) is 5.51. The monoisotopic (exact) mass is 352 g/mol. The lowest BCUT2D eigenvalue weighted by molar-refractivity contribution is 0.252. The number of benzene rings is 1. The van der Waals surface area contributed by atoms with Crippen molar-refractivity contribution in [2.75, 3.05) is 33.4 Å². The minimum atomic E-state index is -3.16. The number of nitrogens with zero attached hydrogens (tertiary/aromatic N) is 3. The van der Waals surface area contributed by atoms with E-state index in [9.17, 15) is 8.42 Å². The molecule has 6 nitrogen and oxygen atoms in total. The average molecular weight is 353 g/mol. The molecule has 1 aromatic rings. The number of nitrogens with one attached hydrogen (secondary N) is 1. The van der Waals surface area contributed by atoms with Gasteiger partial charge >= 0.3 is 0 Å². The summed E-state index contributed by atoms with van der Waals surface area (Å²) in [6.07, 6.45) is 4.18. The standard InChI is InChI=1S/C17H28N4O2S/c1-20(2)17(18-13-15-9-5-4-6-10-15)19-14-16-11-7-8-12-21(16)24(3,22)23/h4-6,9-10,16H,7-8,11-14H2,1-3H3,(H,18,19). The summed E-state index contributed by atoms with van der Waals surface area (Å²) in [6, 6.07) is 10.1. The molecule has 0 saturated carbocycles. The van der Waals surface area contributed by atoms with Gasteiger partial charge in [0.2, 0.25) is 10.0 Å². The highest BCUT2D eigenvalue weighted by molar-refractivity contribution is 7.88. The van der Waals surface area contributed by atoms with Gasteiger partial charge in [-0.2, -0.15) is 4.31 Å². The van der Waals surface area contributed by atoms with Gasteiger partial charge in [0.15, 0.2) is 5.96 Å². The second kappa shape index (κ2) is 8.48. The second-order valence-electron chi connectivity index (χ2n) is 6.42. The molecule has 0 radical (unpaired) electrons. The first kappa shape index (κ1) is 18.7. The highest BCUT2D eigenvalue weighted by Crippen LogP contribution is 2.19. The molecule has 0 bridgehead atoms. The van der Waals surface area contributed by atoms with Crippen LogP contribution in [0.25, 0.3) is 0 Å². The summed E-state index contributed by atoms with van der Waals surface area (Å²) < 4.78 is 25.5. The third kappa shape index (κ3) is 5.49. The van der Waals surface area contributed by atoms with Crippen molar-refractivity contribution in [1.82, 2.24) is 14.5 Å². The van der Waals surface area contributed by atoms with Gasteiger partial charge in [-0.05, 0) is 18.4 Å². The summed E-state index contributed by atoms with van der Waals surface area (Å²) in [5.74, 6) is 0.776. The molecule has 7 heteroatoms. The minimum Gasteiger partial charge on any atom is -0.355 e. The Balaban J connectivity index is 2.00. The Morgan fingerprint density at radius 1 is 1.29 bits per heavy atom. The largest absolute Gasteiger partial charge is 0.355 e. The van der Waals surface area contributed by atoms with Gasteiger partial charge in [0.05, 0.1) is 12.8 Å². The number of guanidine groups is 1. The molecule has 1 aliphatic heterocycles. The van der Waals surface area contributed by atoms with Crippen molar-refractivity contribution in [2.45, 2.75) is 31.8 Å². The average Bonchev–Trinajstić information content (AvgIpc) is 2.55. The molecule has 2 rings (SSSR count). The van der Waals surface area contributed by atoms with Gasteiger partial charge in [0.1, 0.15) is 0 Å². The number of rotatable bonds is 5. The van der Waals surface area contributed by atoms with E-state index < -0.39 is 10.0 Å². The molecular weight excluding hydrogens is 324 g/mol. The highest BCUT2D eigenvalue weighted by Gasteiger charge is 2.29. The topological polar surface area (TPSA) is 65.0 Å². The molecular formula is C17H28N4O2S. The molecule has 1 aliphatic rings. The van der Waals surface area contributed by atoms with Crippen LogP contribution in [-0.4, -0.2) is 63.1 Å². The predicted octanol–water partition coefficient (Wildman–Crippen LogP) is 1.51. The van der Waals surface area contributed by atoms with Crippen LogP contribution in [0.4, 0.5) is 0 Å². The van der Waals surface area contributed by atoms with Crippen LogP contribution in [0, 0.1) is 0 Å². The highest BCUT2D eigenvalue weighted by atomic mass is 32.2. The normalized spacial score (nSPS) is 20.0. The summed E-state index contributed by atoms with van der Waals surface area (Å²) in [5.41, 5.74) is 1.15. The summed E-state index contributed by atoms with van der Waals surface area (Å²) in [6.45, 7) is 1.80. The van der Waals surface area contributed by atoms with E-state index in [0.717, 1.165) is 30.8 Å². The fourth-order valence-electron chi connectivity index (χ4n) is 2.93. The Bertz CT molecular complexity index is 644. The zero-order valence-electron chi connectivity index (χ0n) is 14.8. The van der Waals surface area contributed by atoms with Crippen LogP contribution in [0.3, 0.4) is 0 Å². The Morgan fingerprint density at radius 2 is 2.00 bits per heavy atom. The number of hydrogen-bond acceptors (Lipinski definition) is 3. The van der Waals surface area contributed by atoms with E-state index in [0.29, 0.717) is 19.6 Å². The van der Waals surface area contributed by atoms with Crippen molar-refractivity contribution in [2.24, 2.45) is 4.99 Å². The molecule has 1 atom stereocenters. The maximum Gasteiger partial charge on any atom is 0.211 e. The van der Waals surface area contributed by atoms with E-state index in [1.54, 1.807) is 4.31 Å². The number of hydrogen-bond donors (Lipinski definition) is 1. The molecule has 1 fully saturated rings. The molecule has 0 aliphatic carbocycles. The van der Waals surface area contributed by atoms with Gasteiger partial charge in [-0.15, -0.1) is 0 Å². The molecule has 1 unspecified atom stereocenters. The van der Waals surface area contributed by atoms with Gasteiger partial charge in [-0.25, -0.2) is 13.4 Å². The van der Waals surface area contributed by atoms with Crippen LogP contribution in [0.15, 0.2) is 35.3 Å². The predicted molar refractivity (Wildman–Crippen MR) is 98.5 cm³/mol. The van der Waals surface area contributed by atoms with Crippen LogP contribution in [-0.2, 0) is 16.6 Å². The smallest absolute Gasteiger partial charge is 0.211 e. The van der Waals surface area contributed by atoms with Crippen molar-refractivity contribution in [3.8, 4) is 0 Å². The first-order chi connectivity index (χ1) is 11.4. The molecule has 1 saturated heterocycles. The molecule has 24 heavy (non-hydrogen) atoms. The lowest BCUT2D eigenvalue weighted by Gasteiger charge is -2.34. The Kier molecular flexibility index (Phi) is 6.62. The lowest BCUT2D eigenvalue weighted by Crippen LogP contribution is -2.50. The quantitative estimate of drug-likeness (QED) is 0.644. The van der Waals surface area contributed by atoms with E-state index in [1.165, 1.54) is 6.26 Å². The Morgan fingerprint density at radius 3 is 2.62 bits per heavy atom. The van der Waals surface area contributed by atoms with Crippen molar-refractivity contribution in [3.63, 3.8) is 0 Å². The summed E-state index contributed by atoms with van der Waals surface area (Å²) in [5, 5.41) is 3.33. The van der Waals surface area contributed by atoms with E-state index in [-0.39, 0.29) is 6.04 Å². The molecule has 0 spiro atoms. The first-order valence-corrected chi connectivity index (χ1v) is 10.2. The second-order valence-corrected chi connectivity index (χ2v) is 8.36. The van der Waals surface area contributed by atoms with E-state index in [4.69, 9.17) is 0 Å². The lowest BCUT2D eigenvalue weighted by atomic mass is 10.1. The van der Waals surface area contributed by atoms with Crippen molar-refractivity contribution < 1.29 is 8.42 Å². The Labute approximate surface area is 145 Å². The molecule has 0 aromatic heterocycles. The fourth-order valence-corrected chi connectivity index (χ4v) is 4.11. The maximum absolute atomic E-state index is 11.9. The van der Waals surface area contributed by atoms with Crippen LogP contribution in [0.5, 0.6) is 0 Å². The van der Waals surface area contributed by atoms with Crippen molar-refractivity contribution >= 4 is 16.0 Å². The van der Waals surface area contributed by atoms with Crippen LogP contribution >= 0.6 is 0 Å². The first-order valence-electron chi connectivity index (χ1n) is 8.34. The zero-order valence-corrected chi connectivity index (χ0v) is 15.6. The van der Waals surface area contributed by atoms with E-state index in [2.05, 4.69) is 10.3 Å². The van der Waals surface area contributed by atoms with Gasteiger partial charge in [0.25, 0.3) is 0 Å². The minimum absolute atomic E-state index is 0.00405. The van der Waals surface area contributed by atoms with Crippen LogP contribution < -0.4 is 5.32 Å². The fraction of sp³-hybridized carbons (Fsp3) is 0.588. The molecule has 0 amide bonds. The SMILES string of the molecule is CN(C)C(=NCc1ccccc1)NCC1CCCCN1S(C)(=O)=O. The molecule has 134 valence electrons. The van der Waals surface area contributed by atoms with Gasteiger partial charge in [0, 0.05) is 33.2 Å². The summed E-state index contributed by atoms with van der Waals surface area (Å²) in [4.78, 5) is 6.56. The Hall–Kier alpha value is -1.60. The molecule has 1 aromatic carbocycles. The number of piperidine rings is 1. The zero-order chi connectivity index (χ0) is 17.6. The van der Waals surface area contributed by atoms with Crippen LogP contribution in [0.1, 0.15) is 24.8 Å². The van der Waals surface area contributed by atoms with Gasteiger partial charge < -0.3 is 10.2 Å². The summed E-state index contributed by atoms with van der Waals surface area (Å²) in [7, 11) is 0.714. The number of aliphatic imine (C=N–C) groups is 1. The van der Waals surface area contributed by atoms with Gasteiger partial charge in [-0.1, -0.05) is 36.8 Å². The molecule has 1 N–H and O–H groups in total. The van der Waals surface area contributed by atoms with E-state index >= 15 is 0 Å². The summed E-state index contributed by atoms with van der Waals surface area (Å²) >= 11 is 0. The van der Waals surface area contributed by atoms with Gasteiger partial charge in [-0.3, -0.25) is 0 Å². The molecule has 1 heterocycles. The van der Waals surface area contributed by atoms with Crippen molar-refractivity contribution in [3.05, 3.63) is 35.9 Å². The maximum atomic E-state index is 11.9. The van der Waals surface area contributed by atoms with Crippen LogP contribution in [0.2, 0.25) is 0 Å². The van der Waals surface area contributed by atoms with E-state index in [1.807, 2.05) is 49.3 Å².